The number of rotatable bonds is 6. The van der Waals surface area contributed by atoms with Crippen LogP contribution in [0, 0.1) is 5.41 Å². The van der Waals surface area contributed by atoms with Gasteiger partial charge in [-0.3, -0.25) is 9.59 Å². The lowest BCUT2D eigenvalue weighted by Crippen LogP contribution is -2.49. The molecular formula is C21H31N7O3. The molecule has 0 spiro atoms. The van der Waals surface area contributed by atoms with Crippen LogP contribution >= 0.6 is 0 Å². The van der Waals surface area contributed by atoms with E-state index in [1.807, 2.05) is 39.8 Å². The van der Waals surface area contributed by atoms with Gasteiger partial charge in [-0.05, 0) is 24.5 Å². The Hall–Kier alpha value is -3.01. The molecule has 168 valence electrons. The van der Waals surface area contributed by atoms with Gasteiger partial charge < -0.3 is 20.6 Å². The minimum atomic E-state index is -0.737. The average Bonchev–Trinajstić information content (AvgIpc) is 3.34. The number of aromatic nitrogens is 4. The van der Waals surface area contributed by atoms with E-state index in [4.69, 9.17) is 0 Å². The number of nitrogens with zero attached hydrogens (tertiary/aromatic N) is 5. The third-order valence-electron chi connectivity index (χ3n) is 5.35. The van der Waals surface area contributed by atoms with E-state index >= 15 is 0 Å². The van der Waals surface area contributed by atoms with Crippen molar-refractivity contribution in [2.24, 2.45) is 5.41 Å². The molecular weight excluding hydrogens is 398 g/mol. The van der Waals surface area contributed by atoms with Gasteiger partial charge in [-0.15, -0.1) is 5.10 Å². The van der Waals surface area contributed by atoms with Crippen molar-refractivity contribution >= 4 is 17.6 Å². The number of carbonyl (C=O) groups is 2. The zero-order valence-electron chi connectivity index (χ0n) is 18.7. The van der Waals surface area contributed by atoms with Crippen molar-refractivity contribution in [1.29, 1.82) is 0 Å². The van der Waals surface area contributed by atoms with Gasteiger partial charge in [0.25, 0.3) is 0 Å². The first-order valence-corrected chi connectivity index (χ1v) is 10.5. The van der Waals surface area contributed by atoms with Crippen LogP contribution in [0.3, 0.4) is 0 Å². The zero-order chi connectivity index (χ0) is 22.8. The van der Waals surface area contributed by atoms with E-state index in [9.17, 15) is 14.7 Å². The van der Waals surface area contributed by atoms with E-state index in [1.165, 1.54) is 11.9 Å². The first-order valence-electron chi connectivity index (χ1n) is 10.5. The van der Waals surface area contributed by atoms with Crippen molar-refractivity contribution in [3.8, 4) is 11.3 Å². The largest absolute Gasteiger partial charge is 0.391 e. The summed E-state index contributed by atoms with van der Waals surface area (Å²) in [4.78, 5) is 31.6. The molecule has 2 amide bonds. The summed E-state index contributed by atoms with van der Waals surface area (Å²) in [5, 5.41) is 24.4. The van der Waals surface area contributed by atoms with Crippen molar-refractivity contribution < 1.29 is 14.7 Å². The number of carbonyl (C=O) groups excluding carboxylic acids is 2. The minimum Gasteiger partial charge on any atom is -0.391 e. The van der Waals surface area contributed by atoms with Crippen LogP contribution < -0.4 is 10.6 Å². The molecule has 0 aliphatic carbocycles. The molecule has 2 aromatic rings. The molecule has 1 fully saturated rings. The molecule has 10 nitrogen and oxygen atoms in total. The maximum absolute atomic E-state index is 13.6. The summed E-state index contributed by atoms with van der Waals surface area (Å²) in [6.45, 7) is 8.67. The van der Waals surface area contributed by atoms with Gasteiger partial charge in [0.2, 0.25) is 11.8 Å². The van der Waals surface area contributed by atoms with Gasteiger partial charge in [0.1, 0.15) is 23.6 Å². The van der Waals surface area contributed by atoms with Gasteiger partial charge in [-0.2, -0.15) is 0 Å². The molecule has 3 N–H and O–H groups in total. The summed E-state index contributed by atoms with van der Waals surface area (Å²) in [5.41, 5.74) is 0.945. The van der Waals surface area contributed by atoms with Gasteiger partial charge in [-0.1, -0.05) is 26.0 Å². The van der Waals surface area contributed by atoms with E-state index in [0.29, 0.717) is 5.69 Å². The fourth-order valence-corrected chi connectivity index (χ4v) is 3.91. The monoisotopic (exact) mass is 429 g/mol. The van der Waals surface area contributed by atoms with Gasteiger partial charge in [0.05, 0.1) is 12.3 Å². The lowest BCUT2D eigenvalue weighted by atomic mass is 9.85. The summed E-state index contributed by atoms with van der Waals surface area (Å²) in [5.74, 6) is 0.180. The van der Waals surface area contributed by atoms with Crippen molar-refractivity contribution in [2.75, 3.05) is 25.5 Å². The fourth-order valence-electron chi connectivity index (χ4n) is 3.91. The predicted octanol–water partition coefficient (Wildman–Crippen LogP) is 1.07. The third-order valence-corrected chi connectivity index (χ3v) is 5.35. The number of pyridine rings is 1. The Balaban J connectivity index is 1.93. The average molecular weight is 430 g/mol. The van der Waals surface area contributed by atoms with Crippen molar-refractivity contribution in [3.63, 3.8) is 0 Å². The second-order valence-electron chi connectivity index (χ2n) is 8.82. The SMILES string of the molecule is CCNc1cc(-c2cn(C(C(=O)N3CC(O)C[C@@H]3C(=O)NC)C(C)(C)C)nn2)ccn1. The van der Waals surface area contributed by atoms with Crippen LogP contribution in [0.2, 0.25) is 0 Å². The van der Waals surface area contributed by atoms with E-state index in [-0.39, 0.29) is 24.8 Å². The number of likely N-dealkylation sites (N-methyl/N-ethyl adjacent to an activating group) is 1. The third kappa shape index (κ3) is 4.84. The summed E-state index contributed by atoms with van der Waals surface area (Å²) in [6, 6.07) is 2.32. The van der Waals surface area contributed by atoms with Gasteiger partial charge in [0, 0.05) is 38.3 Å². The topological polar surface area (TPSA) is 125 Å². The Labute approximate surface area is 182 Å². The van der Waals surface area contributed by atoms with Crippen LogP contribution in [0.4, 0.5) is 5.82 Å². The van der Waals surface area contributed by atoms with Crippen molar-refractivity contribution in [3.05, 3.63) is 24.5 Å². The van der Waals surface area contributed by atoms with E-state index in [0.717, 1.165) is 17.9 Å². The Bertz CT molecular complexity index is 937. The highest BCUT2D eigenvalue weighted by atomic mass is 16.3. The number of hydrogen-bond donors (Lipinski definition) is 3. The van der Waals surface area contributed by atoms with Gasteiger partial charge >= 0.3 is 0 Å². The number of likely N-dealkylation sites (tertiary alicyclic amines) is 1. The Morgan fingerprint density at radius 3 is 2.74 bits per heavy atom. The second-order valence-corrected chi connectivity index (χ2v) is 8.82. The first-order chi connectivity index (χ1) is 14.7. The highest BCUT2D eigenvalue weighted by Gasteiger charge is 2.45. The highest BCUT2D eigenvalue weighted by molar-refractivity contribution is 5.90. The van der Waals surface area contributed by atoms with Gasteiger partial charge in [-0.25, -0.2) is 9.67 Å². The van der Waals surface area contributed by atoms with Crippen LogP contribution in [0.25, 0.3) is 11.3 Å². The van der Waals surface area contributed by atoms with Crippen LogP contribution in [0.15, 0.2) is 24.5 Å². The fraction of sp³-hybridized carbons (Fsp3) is 0.571. The Morgan fingerprint density at radius 2 is 2.10 bits per heavy atom. The molecule has 1 saturated heterocycles. The quantitative estimate of drug-likeness (QED) is 0.627. The Kier molecular flexibility index (Phi) is 6.59. The van der Waals surface area contributed by atoms with Crippen LogP contribution in [0.1, 0.15) is 40.2 Å². The number of amides is 2. The summed E-state index contributed by atoms with van der Waals surface area (Å²) < 4.78 is 1.55. The van der Waals surface area contributed by atoms with Crippen molar-refractivity contribution in [2.45, 2.75) is 52.3 Å². The lowest BCUT2D eigenvalue weighted by molar-refractivity contribution is -0.144. The summed E-state index contributed by atoms with van der Waals surface area (Å²) in [7, 11) is 1.52. The molecule has 0 saturated carbocycles. The minimum absolute atomic E-state index is 0.113. The first kappa shape index (κ1) is 22.7. The van der Waals surface area contributed by atoms with E-state index in [2.05, 4.69) is 25.9 Å². The highest BCUT2D eigenvalue weighted by Crippen LogP contribution is 2.35. The van der Waals surface area contributed by atoms with Crippen LogP contribution in [-0.4, -0.2) is 74.1 Å². The maximum Gasteiger partial charge on any atom is 0.248 e. The number of aliphatic hydroxyl groups excluding tert-OH is 1. The number of nitrogens with one attached hydrogen (secondary N) is 2. The molecule has 3 atom stereocenters. The number of hydrogen-bond acceptors (Lipinski definition) is 7. The molecule has 2 unspecified atom stereocenters. The molecule has 0 bridgehead atoms. The van der Waals surface area contributed by atoms with Crippen molar-refractivity contribution in [1.82, 2.24) is 30.2 Å². The summed E-state index contributed by atoms with van der Waals surface area (Å²) in [6.07, 6.45) is 2.91. The molecule has 10 heteroatoms. The smallest absolute Gasteiger partial charge is 0.248 e. The Morgan fingerprint density at radius 1 is 1.35 bits per heavy atom. The maximum atomic E-state index is 13.6. The molecule has 3 heterocycles. The standard InChI is InChI=1S/C21H31N7O3/c1-6-23-17-9-13(7-8-24-17)15-12-28(26-25-15)18(21(2,3)4)20(31)27-11-14(29)10-16(27)19(30)22-5/h7-9,12,14,16,18,29H,6,10-11H2,1-5H3,(H,22,30)(H,23,24)/t14?,16-,18?/m1/s1. The molecule has 0 aromatic carbocycles. The van der Waals surface area contributed by atoms with Gasteiger partial charge in [0.15, 0.2) is 0 Å². The lowest BCUT2D eigenvalue weighted by Gasteiger charge is -2.34. The second kappa shape index (κ2) is 9.01. The molecule has 31 heavy (non-hydrogen) atoms. The molecule has 0 radical (unpaired) electrons. The summed E-state index contributed by atoms with van der Waals surface area (Å²) >= 11 is 0. The van der Waals surface area contributed by atoms with Crippen LogP contribution in [-0.2, 0) is 9.59 Å². The number of anilines is 1. The molecule has 1 aliphatic rings. The molecule has 1 aliphatic heterocycles. The van der Waals surface area contributed by atoms with E-state index in [1.54, 1.807) is 17.1 Å². The molecule has 3 rings (SSSR count). The normalized spacial score (nSPS) is 19.9. The zero-order valence-corrected chi connectivity index (χ0v) is 18.7. The molecule has 2 aromatic heterocycles. The van der Waals surface area contributed by atoms with E-state index < -0.39 is 23.6 Å². The predicted molar refractivity (Wildman–Crippen MR) is 116 cm³/mol. The number of aliphatic hydroxyl groups is 1. The number of β-amino-alcohol motifs (C(OH)–C–C–N with tert-alkyl or cyclic N) is 1. The van der Waals surface area contributed by atoms with Crippen LogP contribution in [0.5, 0.6) is 0 Å².